The maximum atomic E-state index is 11.5. The molecule has 1 aromatic carbocycles. The lowest BCUT2D eigenvalue weighted by Gasteiger charge is -2.21. The molecule has 0 aliphatic rings. The van der Waals surface area contributed by atoms with Crippen molar-refractivity contribution < 1.29 is 19.5 Å². The number of Topliss-reactive ketones (excluding diaryl/α,β-unsaturated/α-hetero) is 1. The highest BCUT2D eigenvalue weighted by Gasteiger charge is 2.24. The molecule has 0 unspecified atom stereocenters. The third kappa shape index (κ3) is 2.95. The Hall–Kier alpha value is -1.69. The molecule has 5 nitrogen and oxygen atoms in total. The summed E-state index contributed by atoms with van der Waals surface area (Å²) in [5.74, 6) is -2.83. The molecule has 96 valence electrons. The lowest BCUT2D eigenvalue weighted by atomic mass is 10.1. The average Bonchev–Trinajstić information content (AvgIpc) is 2.31. The number of benzene rings is 1. The van der Waals surface area contributed by atoms with E-state index in [4.69, 9.17) is 5.11 Å². The normalized spacial score (nSPS) is 9.94. The molecule has 0 aliphatic heterocycles. The van der Waals surface area contributed by atoms with Crippen LogP contribution in [0.5, 0.6) is 0 Å². The average molecular weight is 314 g/mol. The summed E-state index contributed by atoms with van der Waals surface area (Å²) in [5.41, 5.74) is 0.612. The van der Waals surface area contributed by atoms with Gasteiger partial charge in [0, 0.05) is 16.6 Å². The molecule has 0 spiro atoms. The van der Waals surface area contributed by atoms with E-state index in [2.05, 4.69) is 15.9 Å². The highest BCUT2D eigenvalue weighted by atomic mass is 79.9. The summed E-state index contributed by atoms with van der Waals surface area (Å²) in [6, 6.07) is 4.76. The number of carbonyl (C=O) groups is 3. The second-order valence-corrected chi connectivity index (χ2v) is 4.49. The minimum Gasteiger partial charge on any atom is -0.474 e. The fourth-order valence-electron chi connectivity index (χ4n) is 1.56. The summed E-state index contributed by atoms with van der Waals surface area (Å²) in [6.07, 6.45) is 0. The van der Waals surface area contributed by atoms with Crippen molar-refractivity contribution in [1.82, 2.24) is 0 Å². The number of rotatable bonds is 3. The van der Waals surface area contributed by atoms with Crippen molar-refractivity contribution in [1.29, 1.82) is 0 Å². The first kappa shape index (κ1) is 14.4. The molecule has 0 aromatic heterocycles. The number of likely N-dealkylation sites (N-methyl/N-ethyl adjacent to an activating group) is 1. The summed E-state index contributed by atoms with van der Waals surface area (Å²) in [7, 11) is 0. The number of hydrogen-bond acceptors (Lipinski definition) is 3. The lowest BCUT2D eigenvalue weighted by molar-refractivity contribution is -0.148. The van der Waals surface area contributed by atoms with Gasteiger partial charge in [-0.2, -0.15) is 0 Å². The Labute approximate surface area is 113 Å². The van der Waals surface area contributed by atoms with E-state index < -0.39 is 11.9 Å². The number of halogens is 1. The fraction of sp³-hybridized carbons (Fsp3) is 0.250. The maximum Gasteiger partial charge on any atom is 0.394 e. The van der Waals surface area contributed by atoms with E-state index in [-0.39, 0.29) is 12.3 Å². The minimum absolute atomic E-state index is 0.174. The van der Waals surface area contributed by atoms with Crippen LogP contribution in [-0.2, 0) is 9.59 Å². The van der Waals surface area contributed by atoms with Crippen LogP contribution in [0.25, 0.3) is 0 Å². The maximum absolute atomic E-state index is 11.5. The van der Waals surface area contributed by atoms with Crippen molar-refractivity contribution in [3.05, 3.63) is 28.2 Å². The van der Waals surface area contributed by atoms with Gasteiger partial charge in [-0.25, -0.2) is 4.79 Å². The van der Waals surface area contributed by atoms with Crippen LogP contribution in [-0.4, -0.2) is 29.3 Å². The third-order valence-electron chi connectivity index (χ3n) is 2.37. The fourth-order valence-corrected chi connectivity index (χ4v) is 1.93. The molecule has 1 N–H and O–H groups in total. The molecule has 0 radical (unpaired) electrons. The molecule has 0 saturated heterocycles. The van der Waals surface area contributed by atoms with E-state index in [1.807, 2.05) is 0 Å². The number of carbonyl (C=O) groups excluding carboxylic acids is 2. The van der Waals surface area contributed by atoms with Gasteiger partial charge in [0.25, 0.3) is 0 Å². The highest BCUT2D eigenvalue weighted by Crippen LogP contribution is 2.25. The number of amides is 1. The molecule has 1 rings (SSSR count). The Morgan fingerprint density at radius 1 is 1.33 bits per heavy atom. The van der Waals surface area contributed by atoms with Crippen LogP contribution in [0.3, 0.4) is 0 Å². The van der Waals surface area contributed by atoms with Crippen LogP contribution in [0.4, 0.5) is 5.69 Å². The predicted molar refractivity (Wildman–Crippen MR) is 69.8 cm³/mol. The van der Waals surface area contributed by atoms with Gasteiger partial charge in [-0.05, 0) is 32.0 Å². The zero-order chi connectivity index (χ0) is 13.9. The number of carboxylic acid groups (broad SMARTS) is 1. The Morgan fingerprint density at radius 2 is 1.94 bits per heavy atom. The molecule has 6 heteroatoms. The van der Waals surface area contributed by atoms with Crippen LogP contribution < -0.4 is 4.90 Å². The van der Waals surface area contributed by atoms with Gasteiger partial charge in [0.2, 0.25) is 0 Å². The third-order valence-corrected chi connectivity index (χ3v) is 2.87. The first-order valence-corrected chi connectivity index (χ1v) is 6.03. The van der Waals surface area contributed by atoms with E-state index in [9.17, 15) is 14.4 Å². The zero-order valence-corrected chi connectivity index (χ0v) is 11.5. The number of aliphatic carboxylic acids is 1. The van der Waals surface area contributed by atoms with Gasteiger partial charge in [-0.1, -0.05) is 15.9 Å². The van der Waals surface area contributed by atoms with Crippen molar-refractivity contribution in [2.75, 3.05) is 11.4 Å². The summed E-state index contributed by atoms with van der Waals surface area (Å²) in [5, 5.41) is 8.74. The first-order valence-electron chi connectivity index (χ1n) is 5.23. The smallest absolute Gasteiger partial charge is 0.394 e. The first-order chi connectivity index (χ1) is 8.38. The number of carboxylic acids is 1. The van der Waals surface area contributed by atoms with Gasteiger partial charge in [-0.15, -0.1) is 0 Å². The van der Waals surface area contributed by atoms with Crippen molar-refractivity contribution >= 4 is 39.3 Å². The van der Waals surface area contributed by atoms with Crippen LogP contribution in [0.1, 0.15) is 24.2 Å². The number of hydrogen-bond donors (Lipinski definition) is 1. The summed E-state index contributed by atoms with van der Waals surface area (Å²) >= 11 is 3.23. The monoisotopic (exact) mass is 313 g/mol. The van der Waals surface area contributed by atoms with Crippen LogP contribution in [0.2, 0.25) is 0 Å². The predicted octanol–water partition coefficient (Wildman–Crippen LogP) is 2.09. The van der Waals surface area contributed by atoms with Crippen LogP contribution in [0.15, 0.2) is 22.7 Å². The second-order valence-electron chi connectivity index (χ2n) is 3.57. The van der Waals surface area contributed by atoms with Gasteiger partial charge < -0.3 is 10.0 Å². The second kappa shape index (κ2) is 5.77. The van der Waals surface area contributed by atoms with Gasteiger partial charge in [-0.3, -0.25) is 9.59 Å². The molecule has 0 saturated carbocycles. The van der Waals surface area contributed by atoms with E-state index >= 15 is 0 Å². The molecule has 0 atom stereocenters. The van der Waals surface area contributed by atoms with E-state index in [1.165, 1.54) is 6.92 Å². The van der Waals surface area contributed by atoms with Gasteiger partial charge in [0.15, 0.2) is 5.78 Å². The van der Waals surface area contributed by atoms with Crippen LogP contribution >= 0.6 is 15.9 Å². The van der Waals surface area contributed by atoms with Crippen molar-refractivity contribution in [3.63, 3.8) is 0 Å². The molecule has 0 heterocycles. The molecule has 1 amide bonds. The Bertz CT molecular complexity index is 513. The van der Waals surface area contributed by atoms with Crippen molar-refractivity contribution in [2.24, 2.45) is 0 Å². The molecular weight excluding hydrogens is 302 g/mol. The molecule has 1 aromatic rings. The summed E-state index contributed by atoms with van der Waals surface area (Å²) in [4.78, 5) is 34.9. The SMILES string of the molecule is CCN(C(=O)C(=O)O)c1ccc(Br)cc1C(C)=O. The summed E-state index contributed by atoms with van der Waals surface area (Å²) in [6.45, 7) is 3.18. The quantitative estimate of drug-likeness (QED) is 0.685. The van der Waals surface area contributed by atoms with Crippen LogP contribution in [0, 0.1) is 0 Å². The van der Waals surface area contributed by atoms with Gasteiger partial charge in [0.1, 0.15) is 0 Å². The molecule has 0 aliphatic carbocycles. The summed E-state index contributed by atoms with van der Waals surface area (Å²) < 4.78 is 0.690. The zero-order valence-electron chi connectivity index (χ0n) is 9.94. The highest BCUT2D eigenvalue weighted by molar-refractivity contribution is 9.10. The Kier molecular flexibility index (Phi) is 4.61. The van der Waals surface area contributed by atoms with E-state index in [0.717, 1.165) is 4.90 Å². The Morgan fingerprint density at radius 3 is 2.39 bits per heavy atom. The van der Waals surface area contributed by atoms with E-state index in [0.29, 0.717) is 15.7 Å². The van der Waals surface area contributed by atoms with E-state index in [1.54, 1.807) is 25.1 Å². The number of nitrogens with zero attached hydrogens (tertiary/aromatic N) is 1. The standard InChI is InChI=1S/C12H12BrNO4/c1-3-14(11(16)12(17)18)10-5-4-8(13)6-9(10)7(2)15/h4-6H,3H2,1-2H3,(H,17,18). The van der Waals surface area contributed by atoms with Gasteiger partial charge >= 0.3 is 11.9 Å². The number of ketones is 1. The molecule has 0 fully saturated rings. The molecule has 18 heavy (non-hydrogen) atoms. The minimum atomic E-state index is -1.55. The largest absolute Gasteiger partial charge is 0.474 e. The van der Waals surface area contributed by atoms with Gasteiger partial charge in [0.05, 0.1) is 5.69 Å². The van der Waals surface area contributed by atoms with Crippen molar-refractivity contribution in [2.45, 2.75) is 13.8 Å². The molecule has 0 bridgehead atoms. The van der Waals surface area contributed by atoms with Crippen molar-refractivity contribution in [3.8, 4) is 0 Å². The topological polar surface area (TPSA) is 74.7 Å². The Balaban J connectivity index is 3.33. The molecular formula is C12H12BrNO4. The lowest BCUT2D eigenvalue weighted by Crippen LogP contribution is -2.37. The number of anilines is 1.